The maximum absolute atomic E-state index is 5.84. The Morgan fingerprint density at radius 3 is 2.84 bits per heavy atom. The first kappa shape index (κ1) is 12.6. The number of aromatic nitrogens is 1. The molecular formula is C13H10BrClN2O2. The normalized spacial score (nSPS) is 12.5. The summed E-state index contributed by atoms with van der Waals surface area (Å²) in [5.41, 5.74) is 1.06. The fourth-order valence-electron chi connectivity index (χ4n) is 1.79. The van der Waals surface area contributed by atoms with E-state index < -0.39 is 0 Å². The molecule has 1 N–H and O–H groups in total. The van der Waals surface area contributed by atoms with E-state index in [1.54, 1.807) is 6.07 Å². The maximum atomic E-state index is 5.84. The summed E-state index contributed by atoms with van der Waals surface area (Å²) < 4.78 is 11.6. The molecule has 0 atom stereocenters. The van der Waals surface area contributed by atoms with Crippen LogP contribution in [-0.2, 0) is 6.54 Å². The molecule has 6 heteroatoms. The van der Waals surface area contributed by atoms with Gasteiger partial charge in [0.1, 0.15) is 11.0 Å². The van der Waals surface area contributed by atoms with Gasteiger partial charge in [0.25, 0.3) is 0 Å². The molecule has 0 amide bonds. The van der Waals surface area contributed by atoms with Gasteiger partial charge in [0.05, 0.1) is 0 Å². The van der Waals surface area contributed by atoms with Crippen molar-refractivity contribution in [2.24, 2.45) is 0 Å². The van der Waals surface area contributed by atoms with E-state index in [-0.39, 0.29) is 6.79 Å². The second-order valence-electron chi connectivity index (χ2n) is 4.00. The van der Waals surface area contributed by atoms with Crippen molar-refractivity contribution in [2.45, 2.75) is 6.54 Å². The van der Waals surface area contributed by atoms with Gasteiger partial charge < -0.3 is 14.8 Å². The zero-order chi connectivity index (χ0) is 13.2. The summed E-state index contributed by atoms with van der Waals surface area (Å²) in [6.07, 6.45) is 0. The molecule has 0 unspecified atom stereocenters. The fraction of sp³-hybridized carbons (Fsp3) is 0.154. The Balaban J connectivity index is 1.77. The van der Waals surface area contributed by atoms with E-state index in [1.807, 2.05) is 24.3 Å². The second kappa shape index (κ2) is 5.27. The van der Waals surface area contributed by atoms with E-state index in [1.165, 1.54) is 0 Å². The third-order valence-electron chi connectivity index (χ3n) is 2.72. The number of anilines is 1. The Hall–Kier alpha value is -1.46. The summed E-state index contributed by atoms with van der Waals surface area (Å²) in [6, 6.07) is 9.32. The largest absolute Gasteiger partial charge is 0.454 e. The van der Waals surface area contributed by atoms with Gasteiger partial charge >= 0.3 is 0 Å². The van der Waals surface area contributed by atoms with Crippen molar-refractivity contribution in [3.63, 3.8) is 0 Å². The second-order valence-corrected chi connectivity index (χ2v) is 5.24. The molecule has 19 heavy (non-hydrogen) atoms. The van der Waals surface area contributed by atoms with E-state index in [0.717, 1.165) is 27.4 Å². The van der Waals surface area contributed by atoms with Crippen LogP contribution in [0.3, 0.4) is 0 Å². The smallest absolute Gasteiger partial charge is 0.231 e. The van der Waals surface area contributed by atoms with Crippen LogP contribution in [-0.4, -0.2) is 11.8 Å². The summed E-state index contributed by atoms with van der Waals surface area (Å²) >= 11 is 9.35. The average Bonchev–Trinajstić information content (AvgIpc) is 2.83. The summed E-state index contributed by atoms with van der Waals surface area (Å²) in [5.74, 6) is 2.26. The lowest BCUT2D eigenvalue weighted by Gasteiger charge is -2.09. The molecule has 4 nitrogen and oxygen atoms in total. The number of nitrogens with one attached hydrogen (secondary N) is 1. The fourth-order valence-corrected chi connectivity index (χ4v) is 2.41. The Kier molecular flexibility index (Phi) is 3.48. The van der Waals surface area contributed by atoms with Gasteiger partial charge in [0.2, 0.25) is 6.79 Å². The highest BCUT2D eigenvalue weighted by atomic mass is 79.9. The van der Waals surface area contributed by atoms with Gasteiger partial charge in [0, 0.05) is 11.0 Å². The zero-order valence-corrected chi connectivity index (χ0v) is 12.2. The van der Waals surface area contributed by atoms with E-state index in [2.05, 4.69) is 26.2 Å². The van der Waals surface area contributed by atoms with Gasteiger partial charge in [-0.3, -0.25) is 0 Å². The number of ether oxygens (including phenoxy) is 2. The van der Waals surface area contributed by atoms with Crippen LogP contribution in [0.5, 0.6) is 11.5 Å². The van der Waals surface area contributed by atoms with Gasteiger partial charge in [-0.1, -0.05) is 33.6 Å². The number of pyridine rings is 1. The lowest BCUT2D eigenvalue weighted by Crippen LogP contribution is -2.02. The predicted octanol–water partition coefficient (Wildman–Crippen LogP) is 3.84. The summed E-state index contributed by atoms with van der Waals surface area (Å²) in [4.78, 5) is 4.17. The third-order valence-corrected chi connectivity index (χ3v) is 3.67. The molecule has 0 fully saturated rings. The van der Waals surface area contributed by atoms with Crippen molar-refractivity contribution in [1.29, 1.82) is 0 Å². The van der Waals surface area contributed by atoms with Gasteiger partial charge in [-0.05, 0) is 29.8 Å². The first-order valence-electron chi connectivity index (χ1n) is 5.67. The molecule has 0 saturated heterocycles. The number of fused-ring (bicyclic) bond motifs is 1. The molecule has 1 aromatic carbocycles. The van der Waals surface area contributed by atoms with Crippen molar-refractivity contribution < 1.29 is 9.47 Å². The lowest BCUT2D eigenvalue weighted by atomic mass is 10.2. The van der Waals surface area contributed by atoms with E-state index in [0.29, 0.717) is 11.7 Å². The van der Waals surface area contributed by atoms with Crippen LogP contribution in [0.4, 0.5) is 5.82 Å². The Bertz CT molecular complexity index is 622. The molecule has 1 aliphatic rings. The highest BCUT2D eigenvalue weighted by Crippen LogP contribution is 2.37. The van der Waals surface area contributed by atoms with Crippen LogP contribution in [0, 0.1) is 0 Å². The van der Waals surface area contributed by atoms with Crippen LogP contribution in [0.1, 0.15) is 5.56 Å². The number of halogens is 2. The molecule has 3 rings (SSSR count). The minimum absolute atomic E-state index is 0.272. The van der Waals surface area contributed by atoms with Crippen LogP contribution >= 0.6 is 27.5 Å². The first-order chi connectivity index (χ1) is 9.22. The van der Waals surface area contributed by atoms with Gasteiger partial charge in [-0.25, -0.2) is 4.98 Å². The van der Waals surface area contributed by atoms with E-state index in [4.69, 9.17) is 21.1 Å². The molecule has 0 saturated carbocycles. The molecule has 0 bridgehead atoms. The topological polar surface area (TPSA) is 43.4 Å². The molecule has 1 aliphatic heterocycles. The number of hydrogen-bond acceptors (Lipinski definition) is 4. The van der Waals surface area contributed by atoms with Crippen LogP contribution < -0.4 is 14.8 Å². The van der Waals surface area contributed by atoms with Gasteiger partial charge in [0.15, 0.2) is 11.5 Å². The molecular weight excluding hydrogens is 332 g/mol. The molecule has 0 aliphatic carbocycles. The molecule has 2 heterocycles. The quantitative estimate of drug-likeness (QED) is 0.862. The highest BCUT2D eigenvalue weighted by Gasteiger charge is 2.16. The predicted molar refractivity (Wildman–Crippen MR) is 76.8 cm³/mol. The van der Waals surface area contributed by atoms with Crippen molar-refractivity contribution >= 4 is 33.3 Å². The molecule has 2 aromatic rings. The first-order valence-corrected chi connectivity index (χ1v) is 6.84. The van der Waals surface area contributed by atoms with Gasteiger partial charge in [-0.2, -0.15) is 0 Å². The minimum atomic E-state index is 0.272. The summed E-state index contributed by atoms with van der Waals surface area (Å²) in [7, 11) is 0. The summed E-state index contributed by atoms with van der Waals surface area (Å²) in [6.45, 7) is 0.888. The molecule has 0 radical (unpaired) electrons. The molecule has 1 aromatic heterocycles. The van der Waals surface area contributed by atoms with Crippen LogP contribution in [0.15, 0.2) is 34.8 Å². The molecule has 0 spiro atoms. The maximum Gasteiger partial charge on any atom is 0.231 e. The van der Waals surface area contributed by atoms with E-state index in [9.17, 15) is 0 Å². The standard InChI is InChI=1S/C13H10BrClN2O2/c14-9-5-11-10(18-7-19-11)4-8(9)6-16-13-3-1-2-12(15)17-13/h1-5H,6-7H2,(H,16,17). The Morgan fingerprint density at radius 2 is 2.05 bits per heavy atom. The number of rotatable bonds is 3. The van der Waals surface area contributed by atoms with Crippen molar-refractivity contribution in [3.8, 4) is 11.5 Å². The van der Waals surface area contributed by atoms with Crippen molar-refractivity contribution in [2.75, 3.05) is 12.1 Å². The summed E-state index contributed by atoms with van der Waals surface area (Å²) in [5, 5.41) is 3.68. The number of nitrogens with zero attached hydrogens (tertiary/aromatic N) is 1. The highest BCUT2D eigenvalue weighted by molar-refractivity contribution is 9.10. The average molecular weight is 342 g/mol. The Morgan fingerprint density at radius 1 is 1.26 bits per heavy atom. The van der Waals surface area contributed by atoms with Crippen molar-refractivity contribution in [1.82, 2.24) is 4.98 Å². The SMILES string of the molecule is Clc1cccc(NCc2cc3c(cc2Br)OCO3)n1. The van der Waals surface area contributed by atoms with Gasteiger partial charge in [-0.15, -0.1) is 0 Å². The lowest BCUT2D eigenvalue weighted by molar-refractivity contribution is 0.174. The third kappa shape index (κ3) is 2.77. The Labute approximate surface area is 123 Å². The van der Waals surface area contributed by atoms with E-state index >= 15 is 0 Å². The molecule has 98 valence electrons. The zero-order valence-electron chi connectivity index (χ0n) is 9.82. The number of benzene rings is 1. The van der Waals surface area contributed by atoms with Crippen LogP contribution in [0.2, 0.25) is 5.15 Å². The van der Waals surface area contributed by atoms with Crippen molar-refractivity contribution in [3.05, 3.63) is 45.5 Å². The minimum Gasteiger partial charge on any atom is -0.454 e. The number of hydrogen-bond donors (Lipinski definition) is 1. The monoisotopic (exact) mass is 340 g/mol. The van der Waals surface area contributed by atoms with Crippen LogP contribution in [0.25, 0.3) is 0 Å².